The summed E-state index contributed by atoms with van der Waals surface area (Å²) >= 11 is 5.76. The van der Waals surface area contributed by atoms with E-state index in [9.17, 15) is 24.6 Å². The molecule has 0 saturated carbocycles. The molecule has 3 aromatic carbocycles. The summed E-state index contributed by atoms with van der Waals surface area (Å²) < 4.78 is 19.2. The molecule has 0 aliphatic heterocycles. The Morgan fingerprint density at radius 1 is 1.19 bits per heavy atom. The van der Waals surface area contributed by atoms with E-state index in [4.69, 9.17) is 16.3 Å². The van der Waals surface area contributed by atoms with Crippen LogP contribution < -0.4 is 10.1 Å². The first-order valence-corrected chi connectivity index (χ1v) is 9.58. The first-order chi connectivity index (χ1) is 15.4. The van der Waals surface area contributed by atoms with Gasteiger partial charge in [-0.15, -0.1) is 0 Å². The van der Waals surface area contributed by atoms with Crippen molar-refractivity contribution in [2.75, 3.05) is 5.32 Å². The van der Waals surface area contributed by atoms with Gasteiger partial charge in [-0.2, -0.15) is 5.26 Å². The Bertz CT molecular complexity index is 1240. The van der Waals surface area contributed by atoms with Gasteiger partial charge in [-0.25, -0.2) is 4.39 Å². The number of nitro groups is 1. The Labute approximate surface area is 187 Å². The molecule has 0 bridgehead atoms. The third-order valence-corrected chi connectivity index (χ3v) is 4.63. The zero-order valence-electron chi connectivity index (χ0n) is 16.4. The number of nitrogens with one attached hydrogen (secondary N) is 1. The van der Waals surface area contributed by atoms with Crippen LogP contribution in [0.5, 0.6) is 5.75 Å². The van der Waals surface area contributed by atoms with Crippen molar-refractivity contribution in [1.82, 2.24) is 0 Å². The minimum Gasteiger partial charge on any atom is -0.489 e. The molecular weight excluding hydrogens is 437 g/mol. The molecule has 0 aliphatic rings. The molecule has 3 rings (SSSR count). The Balaban J connectivity index is 1.68. The second-order valence-corrected chi connectivity index (χ2v) is 6.90. The number of ether oxygens (including phenoxy) is 1. The number of nitrogens with zero attached hydrogens (tertiary/aromatic N) is 2. The summed E-state index contributed by atoms with van der Waals surface area (Å²) in [5, 5.41) is 22.7. The normalized spacial score (nSPS) is 10.8. The fraction of sp³-hybridized carbons (Fsp3) is 0.0435. The minimum absolute atomic E-state index is 0.0565. The molecule has 0 fully saturated rings. The highest BCUT2D eigenvalue weighted by molar-refractivity contribution is 6.32. The zero-order valence-corrected chi connectivity index (χ0v) is 17.2. The minimum atomic E-state index is -0.732. The maximum atomic E-state index is 13.7. The van der Waals surface area contributed by atoms with Crippen LogP contribution in [0, 0.1) is 27.3 Å². The van der Waals surface area contributed by atoms with Crippen LogP contribution in [0.25, 0.3) is 6.08 Å². The average molecular weight is 452 g/mol. The zero-order chi connectivity index (χ0) is 23.1. The van der Waals surface area contributed by atoms with Crippen LogP contribution in [-0.2, 0) is 11.4 Å². The first-order valence-electron chi connectivity index (χ1n) is 9.20. The fourth-order valence-corrected chi connectivity index (χ4v) is 2.87. The lowest BCUT2D eigenvalue weighted by molar-refractivity contribution is -0.384. The summed E-state index contributed by atoms with van der Waals surface area (Å²) in [6.07, 6.45) is 1.36. The van der Waals surface area contributed by atoms with E-state index in [-0.39, 0.29) is 34.4 Å². The highest BCUT2D eigenvalue weighted by atomic mass is 35.5. The monoisotopic (exact) mass is 451 g/mol. The SMILES string of the molecule is N#C/C(=C\c1ccc(OCc2ccccc2F)cc1)C(=O)Nc1ccc(Cl)c([N+](=O)[O-])c1. The van der Waals surface area contributed by atoms with E-state index in [0.29, 0.717) is 16.9 Å². The van der Waals surface area contributed by atoms with Crippen LogP contribution >= 0.6 is 11.6 Å². The van der Waals surface area contributed by atoms with Crippen LogP contribution in [0.2, 0.25) is 5.02 Å². The third-order valence-electron chi connectivity index (χ3n) is 4.31. The van der Waals surface area contributed by atoms with Crippen molar-refractivity contribution in [2.24, 2.45) is 0 Å². The Kier molecular flexibility index (Phi) is 7.16. The lowest BCUT2D eigenvalue weighted by Gasteiger charge is -2.08. The van der Waals surface area contributed by atoms with E-state index in [1.807, 2.05) is 0 Å². The van der Waals surface area contributed by atoms with E-state index < -0.39 is 10.8 Å². The predicted octanol–water partition coefficient (Wildman–Crippen LogP) is 5.51. The third kappa shape index (κ3) is 5.68. The van der Waals surface area contributed by atoms with Gasteiger partial charge in [0.25, 0.3) is 11.6 Å². The first kappa shape index (κ1) is 22.5. The Morgan fingerprint density at radius 2 is 1.91 bits per heavy atom. The van der Waals surface area contributed by atoms with Crippen molar-refractivity contribution in [3.05, 3.63) is 104 Å². The smallest absolute Gasteiger partial charge is 0.289 e. The van der Waals surface area contributed by atoms with Crippen molar-refractivity contribution in [3.8, 4) is 11.8 Å². The number of rotatable bonds is 7. The molecule has 9 heteroatoms. The predicted molar refractivity (Wildman–Crippen MR) is 118 cm³/mol. The van der Waals surface area contributed by atoms with E-state index in [1.165, 1.54) is 24.3 Å². The molecule has 0 saturated heterocycles. The molecule has 7 nitrogen and oxygen atoms in total. The summed E-state index contributed by atoms with van der Waals surface area (Å²) in [5.74, 6) is -0.603. The van der Waals surface area contributed by atoms with Crippen molar-refractivity contribution < 1.29 is 18.8 Å². The molecule has 1 N–H and O–H groups in total. The molecule has 0 spiro atoms. The van der Waals surface area contributed by atoms with E-state index >= 15 is 0 Å². The number of hydrogen-bond donors (Lipinski definition) is 1. The number of carbonyl (C=O) groups is 1. The molecule has 0 unspecified atom stereocenters. The second kappa shape index (κ2) is 10.2. The highest BCUT2D eigenvalue weighted by Crippen LogP contribution is 2.27. The van der Waals surface area contributed by atoms with Gasteiger partial charge in [0.05, 0.1) is 4.92 Å². The van der Waals surface area contributed by atoms with E-state index in [2.05, 4.69) is 5.32 Å². The summed E-state index contributed by atoms with van der Waals surface area (Å²) in [6, 6.07) is 18.4. The topological polar surface area (TPSA) is 105 Å². The van der Waals surface area contributed by atoms with Crippen molar-refractivity contribution in [3.63, 3.8) is 0 Å². The van der Waals surface area contributed by atoms with Crippen molar-refractivity contribution in [2.45, 2.75) is 6.61 Å². The molecule has 0 aliphatic carbocycles. The number of benzene rings is 3. The van der Waals surface area contributed by atoms with Gasteiger partial charge in [0.15, 0.2) is 0 Å². The summed E-state index contributed by atoms with van der Waals surface area (Å²) in [7, 11) is 0. The largest absolute Gasteiger partial charge is 0.489 e. The second-order valence-electron chi connectivity index (χ2n) is 6.50. The van der Waals surface area contributed by atoms with Gasteiger partial charge in [-0.1, -0.05) is 41.9 Å². The van der Waals surface area contributed by atoms with Gasteiger partial charge in [0.1, 0.15) is 34.8 Å². The maximum absolute atomic E-state index is 13.7. The van der Waals surface area contributed by atoms with Crippen LogP contribution in [0.15, 0.2) is 72.3 Å². The summed E-state index contributed by atoms with van der Waals surface area (Å²) in [6.45, 7) is 0.0565. The van der Waals surface area contributed by atoms with Crippen LogP contribution in [0.1, 0.15) is 11.1 Å². The van der Waals surface area contributed by atoms with Crippen molar-refractivity contribution in [1.29, 1.82) is 5.26 Å². The molecule has 0 atom stereocenters. The van der Waals surface area contributed by atoms with Crippen molar-refractivity contribution >= 4 is 35.0 Å². The van der Waals surface area contributed by atoms with Crippen LogP contribution in [0.3, 0.4) is 0 Å². The molecule has 3 aromatic rings. The lowest BCUT2D eigenvalue weighted by Crippen LogP contribution is -2.13. The van der Waals surface area contributed by atoms with Gasteiger partial charge in [-0.05, 0) is 42.0 Å². The van der Waals surface area contributed by atoms with E-state index in [1.54, 1.807) is 48.5 Å². The lowest BCUT2D eigenvalue weighted by atomic mass is 10.1. The van der Waals surface area contributed by atoms with Gasteiger partial charge in [0, 0.05) is 17.3 Å². The number of nitriles is 1. The number of halogens is 2. The maximum Gasteiger partial charge on any atom is 0.289 e. The molecule has 32 heavy (non-hydrogen) atoms. The highest BCUT2D eigenvalue weighted by Gasteiger charge is 2.15. The molecule has 0 radical (unpaired) electrons. The number of anilines is 1. The molecule has 0 aromatic heterocycles. The van der Waals surface area contributed by atoms with Gasteiger partial charge in [-0.3, -0.25) is 14.9 Å². The fourth-order valence-electron chi connectivity index (χ4n) is 2.68. The number of amides is 1. The number of nitro benzene ring substituents is 1. The van der Waals surface area contributed by atoms with Gasteiger partial charge in [0.2, 0.25) is 0 Å². The average Bonchev–Trinajstić information content (AvgIpc) is 2.78. The molecule has 1 amide bonds. The Morgan fingerprint density at radius 3 is 2.56 bits per heavy atom. The number of carbonyl (C=O) groups excluding carboxylic acids is 1. The summed E-state index contributed by atoms with van der Waals surface area (Å²) in [4.78, 5) is 22.7. The van der Waals surface area contributed by atoms with E-state index in [0.717, 1.165) is 6.07 Å². The van der Waals surface area contributed by atoms with Crippen LogP contribution in [-0.4, -0.2) is 10.8 Å². The molecular formula is C23H15ClFN3O4. The number of hydrogen-bond acceptors (Lipinski definition) is 5. The molecule has 160 valence electrons. The quantitative estimate of drug-likeness (QED) is 0.220. The van der Waals surface area contributed by atoms with Gasteiger partial charge < -0.3 is 10.1 Å². The molecule has 0 heterocycles. The van der Waals surface area contributed by atoms with Gasteiger partial charge >= 0.3 is 0 Å². The standard InChI is InChI=1S/C23H15ClFN3O4/c24-20-10-7-18(12-22(20)28(30)31)27-23(29)17(13-26)11-15-5-8-19(9-6-15)32-14-16-3-1-2-4-21(16)25/h1-12H,14H2,(H,27,29)/b17-11+. The summed E-state index contributed by atoms with van der Waals surface area (Å²) in [5.41, 5.74) is 0.532. The Hall–Kier alpha value is -4.22. The van der Waals surface area contributed by atoms with Crippen LogP contribution in [0.4, 0.5) is 15.8 Å².